The lowest BCUT2D eigenvalue weighted by molar-refractivity contribution is -0.120. The Morgan fingerprint density at radius 2 is 2.18 bits per heavy atom. The molecule has 4 rings (SSSR count). The van der Waals surface area contributed by atoms with Crippen LogP contribution in [-0.4, -0.2) is 27.3 Å². The van der Waals surface area contributed by atoms with Gasteiger partial charge in [-0.3, -0.25) is 14.2 Å². The Balaban J connectivity index is 1.84. The lowest BCUT2D eigenvalue weighted by atomic mass is 10.2. The fraction of sp³-hybridized carbons (Fsp3) is 0.286. The smallest absolute Gasteiger partial charge is 0.267 e. The van der Waals surface area contributed by atoms with Crippen molar-refractivity contribution < 1.29 is 4.79 Å². The summed E-state index contributed by atoms with van der Waals surface area (Å²) in [4.78, 5) is 32.7. The van der Waals surface area contributed by atoms with E-state index in [4.69, 9.17) is 4.98 Å². The van der Waals surface area contributed by atoms with Gasteiger partial charge >= 0.3 is 0 Å². The molecule has 0 spiro atoms. The molecule has 0 radical (unpaired) electrons. The molecule has 0 bridgehead atoms. The average molecular weight is 412 g/mol. The maximum absolute atomic E-state index is 13.5. The van der Waals surface area contributed by atoms with Gasteiger partial charge in [-0.25, -0.2) is 4.98 Å². The number of aryl methyl sites for hydroxylation is 2. The summed E-state index contributed by atoms with van der Waals surface area (Å²) in [7, 11) is 0. The summed E-state index contributed by atoms with van der Waals surface area (Å²) in [5.74, 6) is -0.104. The highest BCUT2D eigenvalue weighted by Gasteiger charge is 2.25. The number of aromatic nitrogens is 2. The largest absolute Gasteiger partial charge is 0.352 e. The molecule has 144 valence electrons. The first kappa shape index (κ1) is 19.0. The highest BCUT2D eigenvalue weighted by molar-refractivity contribution is 8.00. The van der Waals surface area contributed by atoms with Gasteiger partial charge in [0.15, 0.2) is 5.16 Å². The highest BCUT2D eigenvalue weighted by Crippen LogP contribution is 2.36. The van der Waals surface area contributed by atoms with E-state index in [-0.39, 0.29) is 16.7 Å². The first-order chi connectivity index (χ1) is 13.6. The number of thiophene rings is 1. The van der Waals surface area contributed by atoms with Gasteiger partial charge in [-0.1, -0.05) is 36.0 Å². The van der Waals surface area contributed by atoms with Gasteiger partial charge in [-0.15, -0.1) is 17.9 Å². The summed E-state index contributed by atoms with van der Waals surface area (Å²) in [6.07, 6.45) is 4.70. The number of amides is 1. The van der Waals surface area contributed by atoms with Crippen molar-refractivity contribution >= 4 is 39.2 Å². The molecule has 1 amide bonds. The Morgan fingerprint density at radius 3 is 2.93 bits per heavy atom. The van der Waals surface area contributed by atoms with Crippen molar-refractivity contribution in [1.29, 1.82) is 0 Å². The van der Waals surface area contributed by atoms with E-state index >= 15 is 0 Å². The van der Waals surface area contributed by atoms with Crippen LogP contribution < -0.4 is 10.9 Å². The van der Waals surface area contributed by atoms with Gasteiger partial charge < -0.3 is 5.32 Å². The molecular formula is C21H21N3O2S2. The second-order valence-electron chi connectivity index (χ2n) is 6.70. The zero-order chi connectivity index (χ0) is 19.7. The first-order valence-corrected chi connectivity index (χ1v) is 11.0. The Bertz CT molecular complexity index is 1100. The zero-order valence-corrected chi connectivity index (χ0v) is 17.2. The molecule has 3 aromatic rings. The molecule has 0 saturated carbocycles. The van der Waals surface area contributed by atoms with Crippen LogP contribution in [0.3, 0.4) is 0 Å². The molecule has 7 heteroatoms. The topological polar surface area (TPSA) is 64.0 Å². The molecule has 0 saturated heterocycles. The van der Waals surface area contributed by atoms with Gasteiger partial charge in [0.2, 0.25) is 5.91 Å². The maximum atomic E-state index is 13.5. The number of hydrogen-bond acceptors (Lipinski definition) is 5. The van der Waals surface area contributed by atoms with Crippen LogP contribution in [0.25, 0.3) is 15.9 Å². The second kappa shape index (κ2) is 7.93. The van der Waals surface area contributed by atoms with Crippen LogP contribution in [0.5, 0.6) is 0 Å². The summed E-state index contributed by atoms with van der Waals surface area (Å²) in [6.45, 7) is 5.86. The van der Waals surface area contributed by atoms with Crippen LogP contribution >= 0.6 is 23.1 Å². The number of hydrogen-bond donors (Lipinski definition) is 1. The molecule has 1 aliphatic carbocycles. The number of nitrogens with zero attached hydrogens (tertiary/aromatic N) is 2. The predicted molar refractivity (Wildman–Crippen MR) is 116 cm³/mol. The lowest BCUT2D eigenvalue weighted by Crippen LogP contribution is -2.32. The highest BCUT2D eigenvalue weighted by atomic mass is 32.2. The average Bonchev–Trinajstić information content (AvgIpc) is 3.27. The Labute approximate surface area is 171 Å². The minimum absolute atomic E-state index is 0.0446. The summed E-state index contributed by atoms with van der Waals surface area (Å²) in [5.41, 5.74) is 1.88. The molecule has 1 atom stereocenters. The van der Waals surface area contributed by atoms with E-state index in [2.05, 4.69) is 11.9 Å². The molecule has 5 nitrogen and oxygen atoms in total. The number of carbonyl (C=O) groups excluding carboxylic acids is 1. The molecule has 2 heterocycles. The summed E-state index contributed by atoms with van der Waals surface area (Å²) in [5, 5.41) is 3.71. The van der Waals surface area contributed by atoms with Gasteiger partial charge in [0, 0.05) is 11.4 Å². The Morgan fingerprint density at radius 1 is 1.39 bits per heavy atom. The summed E-state index contributed by atoms with van der Waals surface area (Å²) in [6, 6.07) is 9.51. The third kappa shape index (κ3) is 3.40. The number of para-hydroxylation sites is 1. The molecular weight excluding hydrogens is 390 g/mol. The predicted octanol–water partition coefficient (Wildman–Crippen LogP) is 3.72. The van der Waals surface area contributed by atoms with E-state index in [1.807, 2.05) is 37.3 Å². The first-order valence-electron chi connectivity index (χ1n) is 9.28. The Hall–Kier alpha value is -2.38. The third-order valence-corrected chi connectivity index (χ3v) is 7.03. The van der Waals surface area contributed by atoms with Crippen LogP contribution in [0.4, 0.5) is 0 Å². The van der Waals surface area contributed by atoms with E-state index in [0.717, 1.165) is 40.7 Å². The molecule has 1 aromatic carbocycles. The lowest BCUT2D eigenvalue weighted by Gasteiger charge is -2.15. The number of nitrogens with one attached hydrogen (secondary N) is 1. The number of rotatable bonds is 6. The summed E-state index contributed by atoms with van der Waals surface area (Å²) >= 11 is 2.92. The normalized spacial score (nSPS) is 14.0. The van der Waals surface area contributed by atoms with Gasteiger partial charge in [0.1, 0.15) is 4.83 Å². The SMILES string of the molecule is C=CCNC(=O)[C@H](C)Sc1nc2sc3c(c2c(=O)n1-c1ccccc1)CCC3. The molecule has 1 aliphatic rings. The van der Waals surface area contributed by atoms with E-state index in [9.17, 15) is 9.59 Å². The van der Waals surface area contributed by atoms with Crippen LogP contribution in [-0.2, 0) is 17.6 Å². The van der Waals surface area contributed by atoms with Crippen molar-refractivity contribution in [1.82, 2.24) is 14.9 Å². The van der Waals surface area contributed by atoms with Gasteiger partial charge in [-0.2, -0.15) is 0 Å². The van der Waals surface area contributed by atoms with Crippen LogP contribution in [0.1, 0.15) is 23.8 Å². The van der Waals surface area contributed by atoms with Gasteiger partial charge in [0.05, 0.1) is 16.3 Å². The minimum atomic E-state index is -0.383. The fourth-order valence-electron chi connectivity index (χ4n) is 3.44. The van der Waals surface area contributed by atoms with E-state index in [0.29, 0.717) is 11.7 Å². The van der Waals surface area contributed by atoms with Crippen LogP contribution in [0, 0.1) is 0 Å². The number of thioether (sulfide) groups is 1. The van der Waals surface area contributed by atoms with Crippen molar-refractivity contribution in [2.75, 3.05) is 6.54 Å². The van der Waals surface area contributed by atoms with Crippen molar-refractivity contribution in [3.05, 3.63) is 63.8 Å². The standard InChI is InChI=1S/C21H21N3O2S2/c1-3-12-22-18(25)13(2)27-21-23-19-17(15-10-7-11-16(15)28-19)20(26)24(21)14-8-5-4-6-9-14/h3-6,8-9,13H,1,7,10-12H2,2H3,(H,22,25)/t13-/m0/s1. The van der Waals surface area contributed by atoms with Crippen LogP contribution in [0.15, 0.2) is 52.9 Å². The summed E-state index contributed by atoms with van der Waals surface area (Å²) < 4.78 is 1.65. The molecule has 0 aliphatic heterocycles. The molecule has 1 N–H and O–H groups in total. The van der Waals surface area contributed by atoms with Gasteiger partial charge in [-0.05, 0) is 43.9 Å². The number of carbonyl (C=O) groups is 1. The van der Waals surface area contributed by atoms with Crippen molar-refractivity contribution in [3.63, 3.8) is 0 Å². The molecule has 0 fully saturated rings. The van der Waals surface area contributed by atoms with Crippen molar-refractivity contribution in [2.24, 2.45) is 0 Å². The van der Waals surface area contributed by atoms with E-state index in [1.54, 1.807) is 22.0 Å². The second-order valence-corrected chi connectivity index (χ2v) is 9.09. The Kier molecular flexibility index (Phi) is 5.37. The monoisotopic (exact) mass is 411 g/mol. The molecule has 28 heavy (non-hydrogen) atoms. The van der Waals surface area contributed by atoms with Crippen molar-refractivity contribution in [3.8, 4) is 5.69 Å². The molecule has 2 aromatic heterocycles. The number of benzene rings is 1. The van der Waals surface area contributed by atoms with Gasteiger partial charge in [0.25, 0.3) is 5.56 Å². The van der Waals surface area contributed by atoms with E-state index in [1.165, 1.54) is 16.6 Å². The third-order valence-electron chi connectivity index (χ3n) is 4.79. The number of fused-ring (bicyclic) bond motifs is 3. The molecule has 0 unspecified atom stereocenters. The van der Waals surface area contributed by atoms with Crippen molar-refractivity contribution in [2.45, 2.75) is 36.6 Å². The zero-order valence-electron chi connectivity index (χ0n) is 15.6. The minimum Gasteiger partial charge on any atom is -0.352 e. The van der Waals surface area contributed by atoms with Crippen LogP contribution in [0.2, 0.25) is 0 Å². The maximum Gasteiger partial charge on any atom is 0.267 e. The fourth-order valence-corrected chi connectivity index (χ4v) is 5.69. The van der Waals surface area contributed by atoms with E-state index < -0.39 is 0 Å². The quantitative estimate of drug-likeness (QED) is 0.381.